The third-order valence-electron chi connectivity index (χ3n) is 3.02. The van der Waals surface area contributed by atoms with Gasteiger partial charge in [-0.3, -0.25) is 14.6 Å². The summed E-state index contributed by atoms with van der Waals surface area (Å²) in [4.78, 5) is 30.1. The van der Waals surface area contributed by atoms with E-state index in [2.05, 4.69) is 9.97 Å². The Kier molecular flexibility index (Phi) is 2.23. The van der Waals surface area contributed by atoms with E-state index in [9.17, 15) is 9.59 Å². The number of aromatic nitrogens is 2. The Morgan fingerprint density at radius 3 is 2.94 bits per heavy atom. The van der Waals surface area contributed by atoms with Gasteiger partial charge in [0, 0.05) is 17.6 Å². The van der Waals surface area contributed by atoms with Gasteiger partial charge in [-0.25, -0.2) is 0 Å². The van der Waals surface area contributed by atoms with Crippen LogP contribution in [0.5, 0.6) is 0 Å². The van der Waals surface area contributed by atoms with Gasteiger partial charge >= 0.3 is 0 Å². The van der Waals surface area contributed by atoms with E-state index in [1.165, 1.54) is 6.07 Å². The van der Waals surface area contributed by atoms with Crippen molar-refractivity contribution < 1.29 is 4.79 Å². The van der Waals surface area contributed by atoms with Crippen LogP contribution in [0.15, 0.2) is 35.3 Å². The Bertz CT molecular complexity index is 834. The van der Waals surface area contributed by atoms with Crippen molar-refractivity contribution in [3.8, 4) is 0 Å². The molecule has 0 unspecified atom stereocenters. The predicted octanol–water partition coefficient (Wildman–Crippen LogP) is 2.20. The van der Waals surface area contributed by atoms with Crippen molar-refractivity contribution >= 4 is 28.1 Å². The van der Waals surface area contributed by atoms with Gasteiger partial charge in [-0.05, 0) is 24.6 Å². The van der Waals surface area contributed by atoms with Crippen LogP contribution in [0.3, 0.4) is 0 Å². The minimum absolute atomic E-state index is 0.157. The minimum Gasteiger partial charge on any atom is -0.350 e. The fourth-order valence-corrected chi connectivity index (χ4v) is 2.26. The first-order chi connectivity index (χ1) is 8.70. The van der Waals surface area contributed by atoms with Crippen LogP contribution < -0.4 is 5.43 Å². The molecule has 3 aromatic rings. The maximum atomic E-state index is 12.0. The molecule has 1 aromatic carbocycles. The number of hydrogen-bond donors (Lipinski definition) is 1. The van der Waals surface area contributed by atoms with Crippen LogP contribution in [0, 0.1) is 6.92 Å². The van der Waals surface area contributed by atoms with E-state index in [1.807, 2.05) is 25.1 Å². The number of carbonyl (C=O) groups excluding carboxylic acids is 1. The van der Waals surface area contributed by atoms with E-state index in [-0.39, 0.29) is 11.1 Å². The van der Waals surface area contributed by atoms with Crippen molar-refractivity contribution in [2.75, 3.05) is 0 Å². The number of nitrogens with zero attached hydrogens (tertiary/aromatic N) is 1. The highest BCUT2D eigenvalue weighted by molar-refractivity contribution is 6.04. The Morgan fingerprint density at radius 1 is 1.33 bits per heavy atom. The lowest BCUT2D eigenvalue weighted by Crippen LogP contribution is -2.07. The normalized spacial score (nSPS) is 10.9. The monoisotopic (exact) mass is 238 g/mol. The van der Waals surface area contributed by atoms with E-state index < -0.39 is 0 Å². The van der Waals surface area contributed by atoms with Gasteiger partial charge in [0.1, 0.15) is 0 Å². The average Bonchev–Trinajstić information content (AvgIpc) is 2.38. The smallest absolute Gasteiger partial charge is 0.190 e. The van der Waals surface area contributed by atoms with Gasteiger partial charge in [0.25, 0.3) is 0 Å². The van der Waals surface area contributed by atoms with Crippen LogP contribution in [-0.4, -0.2) is 16.3 Å². The predicted molar refractivity (Wildman–Crippen MR) is 70.0 cm³/mol. The zero-order valence-corrected chi connectivity index (χ0v) is 9.73. The number of fused-ring (bicyclic) bond motifs is 3. The Balaban J connectivity index is 2.66. The number of pyridine rings is 2. The molecule has 1 N–H and O–H groups in total. The van der Waals surface area contributed by atoms with Gasteiger partial charge in [-0.1, -0.05) is 6.07 Å². The SMILES string of the molecule is Cc1cc2cccnc2c2[nH]c(C=O)cc(=O)c12. The first-order valence-corrected chi connectivity index (χ1v) is 5.57. The summed E-state index contributed by atoms with van der Waals surface area (Å²) in [6.45, 7) is 1.88. The molecule has 18 heavy (non-hydrogen) atoms. The summed E-state index contributed by atoms with van der Waals surface area (Å²) in [6.07, 6.45) is 2.31. The summed E-state index contributed by atoms with van der Waals surface area (Å²) in [6, 6.07) is 7.02. The van der Waals surface area contributed by atoms with Crippen molar-refractivity contribution in [1.82, 2.24) is 9.97 Å². The quantitative estimate of drug-likeness (QED) is 0.522. The molecule has 0 amide bonds. The van der Waals surface area contributed by atoms with Gasteiger partial charge in [0.2, 0.25) is 0 Å². The summed E-state index contributed by atoms with van der Waals surface area (Å²) >= 11 is 0. The second kappa shape index (κ2) is 3.77. The number of rotatable bonds is 1. The molecule has 0 aliphatic rings. The van der Waals surface area contributed by atoms with Gasteiger partial charge in [0.15, 0.2) is 11.7 Å². The highest BCUT2D eigenvalue weighted by Gasteiger charge is 2.09. The van der Waals surface area contributed by atoms with Crippen LogP contribution >= 0.6 is 0 Å². The van der Waals surface area contributed by atoms with Gasteiger partial charge in [0.05, 0.1) is 22.1 Å². The molecule has 0 atom stereocenters. The molecule has 4 heteroatoms. The maximum Gasteiger partial charge on any atom is 0.190 e. The lowest BCUT2D eigenvalue weighted by Gasteiger charge is -2.06. The number of hydrogen-bond acceptors (Lipinski definition) is 3. The van der Waals surface area contributed by atoms with E-state index in [4.69, 9.17) is 0 Å². The molecule has 3 rings (SSSR count). The van der Waals surface area contributed by atoms with Crippen LogP contribution in [0.2, 0.25) is 0 Å². The van der Waals surface area contributed by atoms with E-state index in [1.54, 1.807) is 6.20 Å². The molecule has 0 saturated carbocycles. The van der Waals surface area contributed by atoms with Crippen molar-refractivity contribution in [3.63, 3.8) is 0 Å². The first-order valence-electron chi connectivity index (χ1n) is 5.57. The first kappa shape index (κ1) is 10.7. The number of aromatic amines is 1. The standard InChI is InChI=1S/C14H10N2O2/c1-8-5-9-3-2-4-15-13(9)14-12(8)11(18)6-10(7-17)16-14/h2-7H,1H3,(H,16,18). The van der Waals surface area contributed by atoms with Crippen molar-refractivity contribution in [2.24, 2.45) is 0 Å². The van der Waals surface area contributed by atoms with Crippen LogP contribution in [0.4, 0.5) is 0 Å². The van der Waals surface area contributed by atoms with Gasteiger partial charge in [-0.2, -0.15) is 0 Å². The van der Waals surface area contributed by atoms with Crippen molar-refractivity contribution in [1.29, 1.82) is 0 Å². The lowest BCUT2D eigenvalue weighted by atomic mass is 10.0. The van der Waals surface area contributed by atoms with Crippen LogP contribution in [-0.2, 0) is 0 Å². The Labute approximate surface area is 102 Å². The molecule has 0 aliphatic heterocycles. The highest BCUT2D eigenvalue weighted by Crippen LogP contribution is 2.23. The van der Waals surface area contributed by atoms with E-state index in [0.717, 1.165) is 10.9 Å². The molecule has 88 valence electrons. The number of nitrogens with one attached hydrogen (secondary N) is 1. The molecule has 0 aliphatic carbocycles. The highest BCUT2D eigenvalue weighted by atomic mass is 16.1. The minimum atomic E-state index is -0.157. The molecular weight excluding hydrogens is 228 g/mol. The molecular formula is C14H10N2O2. The molecule has 0 saturated heterocycles. The van der Waals surface area contributed by atoms with Crippen molar-refractivity contribution in [2.45, 2.75) is 6.92 Å². The maximum absolute atomic E-state index is 12.0. The topological polar surface area (TPSA) is 62.8 Å². The number of aryl methyl sites for hydroxylation is 1. The van der Waals surface area contributed by atoms with Gasteiger partial charge in [-0.15, -0.1) is 0 Å². The van der Waals surface area contributed by atoms with Crippen LogP contribution in [0.25, 0.3) is 21.8 Å². The number of H-pyrrole nitrogens is 1. The molecule has 0 radical (unpaired) electrons. The summed E-state index contributed by atoms with van der Waals surface area (Å²) in [5.41, 5.74) is 2.32. The lowest BCUT2D eigenvalue weighted by molar-refractivity contribution is 0.111. The zero-order valence-electron chi connectivity index (χ0n) is 9.73. The Hall–Kier alpha value is -2.49. The number of benzene rings is 1. The second-order valence-electron chi connectivity index (χ2n) is 4.23. The summed E-state index contributed by atoms with van der Waals surface area (Å²) in [5.74, 6) is 0. The second-order valence-corrected chi connectivity index (χ2v) is 4.23. The number of aldehydes is 1. The molecule has 2 aromatic heterocycles. The third kappa shape index (κ3) is 1.43. The Morgan fingerprint density at radius 2 is 2.17 bits per heavy atom. The summed E-state index contributed by atoms with van der Waals surface area (Å²) < 4.78 is 0. The molecule has 4 nitrogen and oxygen atoms in total. The van der Waals surface area contributed by atoms with Crippen LogP contribution in [0.1, 0.15) is 16.1 Å². The van der Waals surface area contributed by atoms with Gasteiger partial charge < -0.3 is 4.98 Å². The molecule has 0 spiro atoms. The summed E-state index contributed by atoms with van der Waals surface area (Å²) in [5, 5.41) is 1.54. The molecule has 2 heterocycles. The van der Waals surface area contributed by atoms with E-state index in [0.29, 0.717) is 22.7 Å². The zero-order chi connectivity index (χ0) is 12.7. The third-order valence-corrected chi connectivity index (χ3v) is 3.02. The fourth-order valence-electron chi connectivity index (χ4n) is 2.26. The fraction of sp³-hybridized carbons (Fsp3) is 0.0714. The largest absolute Gasteiger partial charge is 0.350 e. The molecule has 0 bridgehead atoms. The van der Waals surface area contributed by atoms with Crippen molar-refractivity contribution in [3.05, 3.63) is 51.9 Å². The number of carbonyl (C=O) groups is 1. The summed E-state index contributed by atoms with van der Waals surface area (Å²) in [7, 11) is 0. The van der Waals surface area contributed by atoms with E-state index >= 15 is 0 Å². The molecule has 0 fully saturated rings. The average molecular weight is 238 g/mol.